The van der Waals surface area contributed by atoms with Gasteiger partial charge in [0.2, 0.25) is 5.91 Å². The smallest absolute Gasteiger partial charge is 0.337 e. The second-order valence-electron chi connectivity index (χ2n) is 4.89. The molecular formula is C15H19N3O3. The number of aromatic nitrogens is 2. The van der Waals surface area contributed by atoms with Crippen LogP contribution in [0.4, 0.5) is 0 Å². The van der Waals surface area contributed by atoms with E-state index in [9.17, 15) is 14.7 Å². The zero-order valence-electron chi connectivity index (χ0n) is 12.2. The van der Waals surface area contributed by atoms with Gasteiger partial charge in [0.25, 0.3) is 0 Å². The summed E-state index contributed by atoms with van der Waals surface area (Å²) in [7, 11) is 0. The Kier molecular flexibility index (Phi) is 4.57. The first kappa shape index (κ1) is 15.0. The number of carboxylic acid groups (broad SMARTS) is 1. The van der Waals surface area contributed by atoms with E-state index in [1.165, 1.54) is 6.92 Å². The average Bonchev–Trinajstić information content (AvgIpc) is 2.76. The van der Waals surface area contributed by atoms with E-state index in [0.29, 0.717) is 18.6 Å². The molecule has 0 radical (unpaired) electrons. The van der Waals surface area contributed by atoms with Crippen LogP contribution in [-0.4, -0.2) is 33.1 Å². The van der Waals surface area contributed by atoms with Gasteiger partial charge in [-0.15, -0.1) is 0 Å². The van der Waals surface area contributed by atoms with Crippen molar-refractivity contribution in [1.82, 2.24) is 14.9 Å². The molecule has 1 aromatic carbocycles. The number of rotatable bonds is 6. The molecule has 0 unspecified atom stereocenters. The van der Waals surface area contributed by atoms with E-state index >= 15 is 0 Å². The van der Waals surface area contributed by atoms with Gasteiger partial charge in [-0.1, -0.05) is 13.0 Å². The molecule has 6 nitrogen and oxygen atoms in total. The second-order valence-corrected chi connectivity index (χ2v) is 4.89. The third-order valence-corrected chi connectivity index (χ3v) is 3.27. The second kappa shape index (κ2) is 6.39. The van der Waals surface area contributed by atoms with E-state index in [2.05, 4.69) is 17.2 Å². The maximum absolute atomic E-state index is 11.3. The Bertz CT molecular complexity index is 676. The normalized spacial score (nSPS) is 10.8. The van der Waals surface area contributed by atoms with Crippen molar-refractivity contribution in [2.45, 2.75) is 33.2 Å². The lowest BCUT2D eigenvalue weighted by molar-refractivity contribution is -0.118. The van der Waals surface area contributed by atoms with Crippen LogP contribution in [0.1, 0.15) is 36.5 Å². The minimum atomic E-state index is -0.977. The Balaban J connectivity index is 2.45. The predicted octanol–water partition coefficient (Wildman–Crippen LogP) is 1.82. The molecule has 0 aliphatic rings. The van der Waals surface area contributed by atoms with Gasteiger partial charge < -0.3 is 15.0 Å². The number of hydrogen-bond acceptors (Lipinski definition) is 3. The quantitative estimate of drug-likeness (QED) is 0.849. The summed E-state index contributed by atoms with van der Waals surface area (Å²) >= 11 is 0. The number of carboxylic acids is 1. The van der Waals surface area contributed by atoms with Crippen LogP contribution >= 0.6 is 0 Å². The fourth-order valence-electron chi connectivity index (χ4n) is 2.38. The van der Waals surface area contributed by atoms with Gasteiger partial charge in [0, 0.05) is 26.4 Å². The third-order valence-electron chi connectivity index (χ3n) is 3.27. The van der Waals surface area contributed by atoms with Gasteiger partial charge in [0.15, 0.2) is 0 Å². The number of nitrogens with zero attached hydrogens (tertiary/aromatic N) is 2. The molecule has 1 aromatic heterocycles. The molecule has 0 aliphatic carbocycles. The summed E-state index contributed by atoms with van der Waals surface area (Å²) in [5.74, 6) is -0.204. The van der Waals surface area contributed by atoms with Gasteiger partial charge in [-0.3, -0.25) is 4.79 Å². The van der Waals surface area contributed by atoms with Crippen LogP contribution < -0.4 is 5.32 Å². The number of imidazole rings is 1. The third kappa shape index (κ3) is 3.21. The molecule has 1 heterocycles. The van der Waals surface area contributed by atoms with Gasteiger partial charge in [-0.2, -0.15) is 0 Å². The Hall–Kier alpha value is -2.37. The van der Waals surface area contributed by atoms with E-state index in [1.54, 1.807) is 12.1 Å². The van der Waals surface area contributed by atoms with Crippen LogP contribution in [0, 0.1) is 0 Å². The highest BCUT2D eigenvalue weighted by molar-refractivity contribution is 6.01. The first-order chi connectivity index (χ1) is 10.0. The summed E-state index contributed by atoms with van der Waals surface area (Å²) in [6, 6.07) is 5.14. The number of nitrogens with one attached hydrogen (secondary N) is 1. The number of benzene rings is 1. The number of fused-ring (bicyclic) bond motifs is 1. The monoisotopic (exact) mass is 289 g/mol. The number of aryl methyl sites for hydroxylation is 1. The van der Waals surface area contributed by atoms with Gasteiger partial charge in [0.1, 0.15) is 11.3 Å². The Morgan fingerprint density at radius 2 is 2.14 bits per heavy atom. The van der Waals surface area contributed by atoms with Crippen LogP contribution in [0.5, 0.6) is 0 Å². The van der Waals surface area contributed by atoms with Crippen LogP contribution in [0.15, 0.2) is 18.2 Å². The van der Waals surface area contributed by atoms with Crippen LogP contribution in [0.2, 0.25) is 0 Å². The maximum atomic E-state index is 11.3. The first-order valence-electron chi connectivity index (χ1n) is 7.00. The molecule has 1 amide bonds. The molecule has 112 valence electrons. The molecule has 2 N–H and O–H groups in total. The molecule has 2 aromatic rings. The number of para-hydroxylation sites is 1. The van der Waals surface area contributed by atoms with Gasteiger partial charge in [0.05, 0.1) is 11.1 Å². The Morgan fingerprint density at radius 3 is 2.76 bits per heavy atom. The number of amides is 1. The van der Waals surface area contributed by atoms with Crippen molar-refractivity contribution in [2.75, 3.05) is 6.54 Å². The van der Waals surface area contributed by atoms with Gasteiger partial charge in [-0.05, 0) is 18.6 Å². The van der Waals surface area contributed by atoms with Crippen molar-refractivity contribution in [1.29, 1.82) is 0 Å². The summed E-state index contributed by atoms with van der Waals surface area (Å²) in [6.45, 7) is 4.60. The standard InChI is InChI=1S/C15H19N3O3/c1-3-5-13-17-14-11(15(20)21)6-4-7-12(14)18(13)9-8-16-10(2)19/h4,6-7H,3,5,8-9H2,1-2H3,(H,16,19)(H,20,21). The largest absolute Gasteiger partial charge is 0.478 e. The van der Waals surface area contributed by atoms with Crippen molar-refractivity contribution in [2.24, 2.45) is 0 Å². The van der Waals surface area contributed by atoms with Crippen molar-refractivity contribution >= 4 is 22.9 Å². The molecule has 6 heteroatoms. The number of carbonyl (C=O) groups is 2. The Labute approximate surface area is 122 Å². The topological polar surface area (TPSA) is 84.2 Å². The van der Waals surface area contributed by atoms with E-state index in [4.69, 9.17) is 0 Å². The molecule has 0 aliphatic heterocycles. The SMILES string of the molecule is CCCc1nc2c(C(=O)O)cccc2n1CCNC(C)=O. The van der Waals surface area contributed by atoms with Crippen LogP contribution in [0.25, 0.3) is 11.0 Å². The zero-order valence-corrected chi connectivity index (χ0v) is 12.2. The number of aromatic carboxylic acids is 1. The van der Waals surface area contributed by atoms with Crippen LogP contribution in [0.3, 0.4) is 0 Å². The van der Waals surface area contributed by atoms with Gasteiger partial charge in [-0.25, -0.2) is 9.78 Å². The van der Waals surface area contributed by atoms with Crippen molar-refractivity contribution in [3.05, 3.63) is 29.6 Å². The molecule has 21 heavy (non-hydrogen) atoms. The minimum absolute atomic E-state index is 0.0808. The zero-order chi connectivity index (χ0) is 15.4. The van der Waals surface area contributed by atoms with E-state index in [0.717, 1.165) is 24.2 Å². The van der Waals surface area contributed by atoms with E-state index < -0.39 is 5.97 Å². The lowest BCUT2D eigenvalue weighted by Gasteiger charge is -2.09. The van der Waals surface area contributed by atoms with Crippen LogP contribution in [-0.2, 0) is 17.8 Å². The molecular weight excluding hydrogens is 270 g/mol. The Morgan fingerprint density at radius 1 is 1.38 bits per heavy atom. The lowest BCUT2D eigenvalue weighted by atomic mass is 10.2. The molecule has 0 spiro atoms. The summed E-state index contributed by atoms with van der Waals surface area (Å²) in [5, 5.41) is 12.0. The highest BCUT2D eigenvalue weighted by Crippen LogP contribution is 2.21. The lowest BCUT2D eigenvalue weighted by Crippen LogP contribution is -2.25. The van der Waals surface area contributed by atoms with Crippen molar-refractivity contribution in [3.8, 4) is 0 Å². The fraction of sp³-hybridized carbons (Fsp3) is 0.400. The number of hydrogen-bond donors (Lipinski definition) is 2. The molecule has 0 bridgehead atoms. The number of carbonyl (C=O) groups excluding carboxylic acids is 1. The average molecular weight is 289 g/mol. The van der Waals surface area contributed by atoms with Crippen molar-refractivity contribution in [3.63, 3.8) is 0 Å². The van der Waals surface area contributed by atoms with E-state index in [-0.39, 0.29) is 11.5 Å². The molecule has 0 atom stereocenters. The summed E-state index contributed by atoms with van der Waals surface area (Å²) < 4.78 is 1.99. The van der Waals surface area contributed by atoms with E-state index in [1.807, 2.05) is 10.6 Å². The highest BCUT2D eigenvalue weighted by atomic mass is 16.4. The minimum Gasteiger partial charge on any atom is -0.478 e. The molecule has 2 rings (SSSR count). The molecule has 0 fully saturated rings. The predicted molar refractivity (Wildman–Crippen MR) is 79.4 cm³/mol. The van der Waals surface area contributed by atoms with Gasteiger partial charge >= 0.3 is 5.97 Å². The maximum Gasteiger partial charge on any atom is 0.337 e. The van der Waals surface area contributed by atoms with Crippen molar-refractivity contribution < 1.29 is 14.7 Å². The highest BCUT2D eigenvalue weighted by Gasteiger charge is 2.16. The summed E-state index contributed by atoms with van der Waals surface area (Å²) in [5.41, 5.74) is 1.52. The summed E-state index contributed by atoms with van der Waals surface area (Å²) in [4.78, 5) is 26.8. The molecule has 0 saturated carbocycles. The first-order valence-corrected chi connectivity index (χ1v) is 7.00. The fourth-order valence-corrected chi connectivity index (χ4v) is 2.38. The summed E-state index contributed by atoms with van der Waals surface area (Å²) in [6.07, 6.45) is 1.69. The molecule has 0 saturated heterocycles.